The number of halogens is 2. The van der Waals surface area contributed by atoms with Crippen molar-refractivity contribution in [3.05, 3.63) is 34.6 Å². The second kappa shape index (κ2) is 6.37. The monoisotopic (exact) mass is 295 g/mol. The zero-order chi connectivity index (χ0) is 15.5. The van der Waals surface area contributed by atoms with Crippen LogP contribution >= 0.6 is 11.6 Å². The third-order valence-corrected chi connectivity index (χ3v) is 4.05. The third kappa shape index (κ3) is 3.80. The quantitative estimate of drug-likeness (QED) is 0.806. The number of hydrogen-bond acceptors (Lipinski definition) is 2. The van der Waals surface area contributed by atoms with Crippen LogP contribution in [0, 0.1) is 28.5 Å². The lowest BCUT2D eigenvalue weighted by Gasteiger charge is -2.27. The van der Waals surface area contributed by atoms with Crippen molar-refractivity contribution in [1.82, 2.24) is 0 Å². The number of hydrogen-bond donors (Lipinski definition) is 0. The largest absolute Gasteiger partial charge is 0.298 e. The van der Waals surface area contributed by atoms with Gasteiger partial charge in [0.05, 0.1) is 6.07 Å². The first kappa shape index (κ1) is 16.7. The topological polar surface area (TPSA) is 40.9 Å². The van der Waals surface area contributed by atoms with Crippen molar-refractivity contribution in [3.63, 3.8) is 0 Å². The van der Waals surface area contributed by atoms with E-state index in [0.717, 1.165) is 0 Å². The Kier molecular flexibility index (Phi) is 5.30. The number of carbonyl (C=O) groups is 1. The average molecular weight is 296 g/mol. The SMILES string of the molecule is CC(CC(=O)C(C#N)c1c(F)cccc1Cl)C(C)(C)C. The summed E-state index contributed by atoms with van der Waals surface area (Å²) >= 11 is 5.93. The predicted octanol–water partition coefficient (Wildman–Crippen LogP) is 4.73. The first-order valence-corrected chi connectivity index (χ1v) is 6.92. The van der Waals surface area contributed by atoms with Crippen LogP contribution in [-0.4, -0.2) is 5.78 Å². The summed E-state index contributed by atoms with van der Waals surface area (Å²) in [4.78, 5) is 12.3. The van der Waals surface area contributed by atoms with Gasteiger partial charge in [-0.05, 0) is 23.5 Å². The van der Waals surface area contributed by atoms with Gasteiger partial charge in [0.1, 0.15) is 11.7 Å². The second-order valence-corrected chi connectivity index (χ2v) is 6.54. The van der Waals surface area contributed by atoms with Crippen LogP contribution in [0.2, 0.25) is 5.02 Å². The molecule has 0 aromatic heterocycles. The van der Waals surface area contributed by atoms with E-state index >= 15 is 0 Å². The summed E-state index contributed by atoms with van der Waals surface area (Å²) in [7, 11) is 0. The first-order chi connectivity index (χ1) is 9.18. The maximum atomic E-state index is 13.8. The fraction of sp³-hybridized carbons (Fsp3) is 0.500. The van der Waals surface area contributed by atoms with E-state index in [1.807, 2.05) is 33.8 Å². The fourth-order valence-corrected chi connectivity index (χ4v) is 2.08. The Hall–Kier alpha value is -1.40. The molecule has 0 N–H and O–H groups in total. The molecular weight excluding hydrogens is 277 g/mol. The highest BCUT2D eigenvalue weighted by molar-refractivity contribution is 6.31. The van der Waals surface area contributed by atoms with Gasteiger partial charge >= 0.3 is 0 Å². The lowest BCUT2D eigenvalue weighted by Crippen LogP contribution is -2.23. The van der Waals surface area contributed by atoms with Gasteiger partial charge in [0.2, 0.25) is 0 Å². The van der Waals surface area contributed by atoms with E-state index in [4.69, 9.17) is 11.6 Å². The van der Waals surface area contributed by atoms with Gasteiger partial charge in [-0.1, -0.05) is 45.4 Å². The normalized spacial score (nSPS) is 14.4. The minimum Gasteiger partial charge on any atom is -0.298 e. The molecule has 20 heavy (non-hydrogen) atoms. The number of nitrogens with zero attached hydrogens (tertiary/aromatic N) is 1. The molecule has 0 fully saturated rings. The molecule has 4 heteroatoms. The molecule has 2 nitrogen and oxygen atoms in total. The van der Waals surface area contributed by atoms with Gasteiger partial charge in [-0.2, -0.15) is 5.26 Å². The molecule has 2 atom stereocenters. The van der Waals surface area contributed by atoms with Gasteiger partial charge in [-0.25, -0.2) is 4.39 Å². The molecule has 0 saturated heterocycles. The molecule has 0 aliphatic carbocycles. The van der Waals surface area contributed by atoms with Crippen LogP contribution < -0.4 is 0 Å². The van der Waals surface area contributed by atoms with Crippen LogP contribution in [-0.2, 0) is 4.79 Å². The van der Waals surface area contributed by atoms with Gasteiger partial charge < -0.3 is 0 Å². The highest BCUT2D eigenvalue weighted by Gasteiger charge is 2.30. The Bertz CT molecular complexity index is 522. The Morgan fingerprint density at radius 3 is 2.50 bits per heavy atom. The van der Waals surface area contributed by atoms with Crippen LogP contribution in [0.5, 0.6) is 0 Å². The molecular formula is C16H19ClFNO. The minimum absolute atomic E-state index is 0.0113. The molecule has 0 spiro atoms. The predicted molar refractivity (Wildman–Crippen MR) is 78.0 cm³/mol. The zero-order valence-corrected chi connectivity index (χ0v) is 13.0. The van der Waals surface area contributed by atoms with Crippen molar-refractivity contribution in [2.24, 2.45) is 11.3 Å². The average Bonchev–Trinajstić information content (AvgIpc) is 2.32. The summed E-state index contributed by atoms with van der Waals surface area (Å²) in [6.07, 6.45) is 0.229. The molecule has 2 unspecified atom stereocenters. The summed E-state index contributed by atoms with van der Waals surface area (Å²) in [6.45, 7) is 8.04. The van der Waals surface area contributed by atoms with Crippen molar-refractivity contribution in [3.8, 4) is 6.07 Å². The summed E-state index contributed by atoms with van der Waals surface area (Å²) in [6, 6.07) is 6.04. The highest BCUT2D eigenvalue weighted by atomic mass is 35.5. The van der Waals surface area contributed by atoms with E-state index in [1.54, 1.807) is 0 Å². The number of rotatable bonds is 4. The maximum absolute atomic E-state index is 13.8. The molecule has 0 aliphatic rings. The number of carbonyl (C=O) groups excluding carboxylic acids is 1. The molecule has 0 amide bonds. The molecule has 0 saturated carbocycles. The number of Topliss-reactive ketones (excluding diaryl/α,β-unsaturated/α-hetero) is 1. The van der Waals surface area contributed by atoms with Gasteiger partial charge in [-0.15, -0.1) is 0 Å². The molecule has 108 valence electrons. The Morgan fingerprint density at radius 2 is 2.05 bits per heavy atom. The van der Waals surface area contributed by atoms with Gasteiger partial charge in [0, 0.05) is 17.0 Å². The van der Waals surface area contributed by atoms with Crippen LogP contribution in [0.1, 0.15) is 45.6 Å². The van der Waals surface area contributed by atoms with E-state index < -0.39 is 11.7 Å². The molecule has 0 radical (unpaired) electrons. The van der Waals surface area contributed by atoms with E-state index in [1.165, 1.54) is 18.2 Å². The third-order valence-electron chi connectivity index (χ3n) is 3.73. The van der Waals surface area contributed by atoms with Gasteiger partial charge in [0.15, 0.2) is 5.78 Å². The van der Waals surface area contributed by atoms with Crippen molar-refractivity contribution in [2.75, 3.05) is 0 Å². The molecule has 0 aliphatic heterocycles. The van der Waals surface area contributed by atoms with Crippen molar-refractivity contribution in [2.45, 2.75) is 40.0 Å². The highest BCUT2D eigenvalue weighted by Crippen LogP contribution is 2.33. The lowest BCUT2D eigenvalue weighted by molar-refractivity contribution is -0.121. The van der Waals surface area contributed by atoms with Crippen molar-refractivity contribution in [1.29, 1.82) is 5.26 Å². The fourth-order valence-electron chi connectivity index (χ4n) is 1.81. The lowest BCUT2D eigenvalue weighted by atomic mass is 9.77. The van der Waals surface area contributed by atoms with Crippen LogP contribution in [0.15, 0.2) is 18.2 Å². The number of ketones is 1. The smallest absolute Gasteiger partial charge is 0.154 e. The summed E-state index contributed by atoms with van der Waals surface area (Å²) in [5, 5.41) is 9.34. The standard InChI is InChI=1S/C16H19ClFNO/c1-10(16(2,3)4)8-14(20)11(9-19)15-12(17)6-5-7-13(15)18/h5-7,10-11H,8H2,1-4H3. The summed E-state index contributed by atoms with van der Waals surface area (Å²) in [5.41, 5.74) is -0.0583. The Labute approximate surface area is 124 Å². The summed E-state index contributed by atoms with van der Waals surface area (Å²) in [5.74, 6) is -1.95. The molecule has 0 bridgehead atoms. The van der Waals surface area contributed by atoms with Crippen LogP contribution in [0.3, 0.4) is 0 Å². The number of nitriles is 1. The van der Waals surface area contributed by atoms with Crippen LogP contribution in [0.25, 0.3) is 0 Å². The second-order valence-electron chi connectivity index (χ2n) is 6.13. The van der Waals surface area contributed by atoms with Crippen molar-refractivity contribution >= 4 is 17.4 Å². The van der Waals surface area contributed by atoms with Gasteiger partial charge in [-0.3, -0.25) is 4.79 Å². The minimum atomic E-state index is -1.14. The van der Waals surface area contributed by atoms with E-state index in [9.17, 15) is 14.4 Å². The maximum Gasteiger partial charge on any atom is 0.154 e. The van der Waals surface area contributed by atoms with E-state index in [-0.39, 0.29) is 34.1 Å². The Morgan fingerprint density at radius 1 is 1.45 bits per heavy atom. The van der Waals surface area contributed by atoms with E-state index in [0.29, 0.717) is 0 Å². The molecule has 1 rings (SSSR count). The van der Waals surface area contributed by atoms with E-state index in [2.05, 4.69) is 0 Å². The Balaban J connectivity index is 3.04. The first-order valence-electron chi connectivity index (χ1n) is 6.54. The zero-order valence-electron chi connectivity index (χ0n) is 12.2. The van der Waals surface area contributed by atoms with Gasteiger partial charge in [0.25, 0.3) is 0 Å². The summed E-state index contributed by atoms with van der Waals surface area (Å²) < 4.78 is 13.8. The molecule has 0 heterocycles. The van der Waals surface area contributed by atoms with Crippen LogP contribution in [0.4, 0.5) is 4.39 Å². The number of benzene rings is 1. The van der Waals surface area contributed by atoms with Crippen molar-refractivity contribution < 1.29 is 9.18 Å². The molecule has 1 aromatic carbocycles. The molecule has 1 aromatic rings.